The first-order valence-electron chi connectivity index (χ1n) is 10.5. The number of hydrogen-bond acceptors (Lipinski definition) is 5. The van der Waals surface area contributed by atoms with Gasteiger partial charge in [0.1, 0.15) is 17.6 Å². The molecular formula is C26H23ClN2O4. The average molecular weight is 463 g/mol. The molecule has 168 valence electrons. The molecule has 2 heterocycles. The lowest BCUT2D eigenvalue weighted by molar-refractivity contribution is -0.132. The van der Waals surface area contributed by atoms with Gasteiger partial charge in [0, 0.05) is 16.9 Å². The smallest absolute Gasteiger partial charge is 0.300 e. The van der Waals surface area contributed by atoms with Crippen LogP contribution in [0.2, 0.25) is 5.02 Å². The molecule has 4 rings (SSSR count). The molecule has 0 spiro atoms. The first kappa shape index (κ1) is 22.6. The highest BCUT2D eigenvalue weighted by molar-refractivity contribution is 6.51. The highest BCUT2D eigenvalue weighted by Gasteiger charge is 2.47. The molecule has 0 aliphatic carbocycles. The van der Waals surface area contributed by atoms with Gasteiger partial charge in [-0.25, -0.2) is 0 Å². The fraction of sp³-hybridized carbons (Fsp3) is 0.192. The number of Topliss-reactive ketones (excluding diaryl/α,β-unsaturated/α-hetero) is 1. The Balaban J connectivity index is 1.94. The third-order valence-corrected chi connectivity index (χ3v) is 5.90. The van der Waals surface area contributed by atoms with Gasteiger partial charge >= 0.3 is 0 Å². The minimum absolute atomic E-state index is 0.0767. The molecule has 1 N–H and O–H groups in total. The van der Waals surface area contributed by atoms with Gasteiger partial charge in [-0.3, -0.25) is 19.5 Å². The van der Waals surface area contributed by atoms with Crippen molar-refractivity contribution in [2.45, 2.75) is 25.8 Å². The lowest BCUT2D eigenvalue weighted by Gasteiger charge is -2.25. The number of halogens is 1. The normalized spacial score (nSPS) is 17.6. The Kier molecular flexibility index (Phi) is 6.20. The molecule has 1 amide bonds. The van der Waals surface area contributed by atoms with Gasteiger partial charge < -0.3 is 9.84 Å². The van der Waals surface area contributed by atoms with Crippen molar-refractivity contribution < 1.29 is 19.4 Å². The Labute approximate surface area is 197 Å². The fourth-order valence-electron chi connectivity index (χ4n) is 3.95. The van der Waals surface area contributed by atoms with E-state index in [1.54, 1.807) is 48.7 Å². The first-order valence-corrected chi connectivity index (χ1v) is 10.9. The summed E-state index contributed by atoms with van der Waals surface area (Å²) in [5.41, 5.74) is 2.24. The number of ether oxygens (including phenoxy) is 1. The van der Waals surface area contributed by atoms with Gasteiger partial charge in [-0.1, -0.05) is 43.6 Å². The van der Waals surface area contributed by atoms with Gasteiger partial charge in [-0.15, -0.1) is 0 Å². The number of pyridine rings is 1. The number of aliphatic hydroxyl groups excluding tert-OH is 1. The van der Waals surface area contributed by atoms with Crippen LogP contribution in [0.15, 0.2) is 72.4 Å². The third kappa shape index (κ3) is 4.10. The van der Waals surface area contributed by atoms with E-state index in [1.807, 2.05) is 12.1 Å². The van der Waals surface area contributed by atoms with Crippen LogP contribution in [-0.2, 0) is 9.59 Å². The highest BCUT2D eigenvalue weighted by Crippen LogP contribution is 2.43. The second kappa shape index (κ2) is 9.08. The summed E-state index contributed by atoms with van der Waals surface area (Å²) in [6.07, 6.45) is 1.58. The van der Waals surface area contributed by atoms with Crippen molar-refractivity contribution in [1.29, 1.82) is 0 Å². The highest BCUT2D eigenvalue weighted by atomic mass is 35.5. The molecular weight excluding hydrogens is 440 g/mol. The lowest BCUT2D eigenvalue weighted by atomic mass is 9.97. The molecule has 0 bridgehead atoms. The molecule has 1 fully saturated rings. The van der Waals surface area contributed by atoms with Crippen molar-refractivity contribution in [3.8, 4) is 5.75 Å². The monoisotopic (exact) mass is 462 g/mol. The summed E-state index contributed by atoms with van der Waals surface area (Å²) in [5, 5.41) is 11.6. The number of amides is 1. The number of aliphatic hydroxyl groups is 1. The predicted octanol–water partition coefficient (Wildman–Crippen LogP) is 5.49. The molecule has 6 nitrogen and oxygen atoms in total. The van der Waals surface area contributed by atoms with E-state index in [1.165, 1.54) is 18.1 Å². The molecule has 1 aromatic heterocycles. The summed E-state index contributed by atoms with van der Waals surface area (Å²) in [6, 6.07) is 16.5. The number of carbonyl (C=O) groups excluding carboxylic acids is 2. The van der Waals surface area contributed by atoms with Gasteiger partial charge in [-0.05, 0) is 53.9 Å². The molecule has 2 aromatic carbocycles. The number of anilines is 1. The standard InChI is InChI=1S/C26H23ClN2O4/c1-15(2)16-7-10-18(11-8-16)29-23(20-6-4-5-13-28-20)22(25(31)26(29)32)24(30)19-14-17(27)9-12-21(19)33-3/h4-15,23,30H,1-3H3/b24-22+. The van der Waals surface area contributed by atoms with Crippen LogP contribution in [0.4, 0.5) is 5.69 Å². The van der Waals surface area contributed by atoms with Crippen LogP contribution in [0.3, 0.4) is 0 Å². The molecule has 7 heteroatoms. The summed E-state index contributed by atoms with van der Waals surface area (Å²) in [4.78, 5) is 32.2. The van der Waals surface area contributed by atoms with Crippen LogP contribution in [0.5, 0.6) is 5.75 Å². The lowest BCUT2D eigenvalue weighted by Crippen LogP contribution is -2.29. The molecule has 33 heavy (non-hydrogen) atoms. The number of nitrogens with zero attached hydrogens (tertiary/aromatic N) is 2. The van der Waals surface area contributed by atoms with Crippen molar-refractivity contribution in [3.63, 3.8) is 0 Å². The van der Waals surface area contributed by atoms with E-state index < -0.39 is 17.7 Å². The van der Waals surface area contributed by atoms with E-state index in [9.17, 15) is 14.7 Å². The van der Waals surface area contributed by atoms with E-state index >= 15 is 0 Å². The average Bonchev–Trinajstić information content (AvgIpc) is 3.09. The Morgan fingerprint density at radius 3 is 2.42 bits per heavy atom. The van der Waals surface area contributed by atoms with Crippen LogP contribution in [-0.4, -0.2) is 28.9 Å². The van der Waals surface area contributed by atoms with Gasteiger partial charge in [0.2, 0.25) is 0 Å². The number of rotatable bonds is 5. The summed E-state index contributed by atoms with van der Waals surface area (Å²) < 4.78 is 5.35. The quantitative estimate of drug-likeness (QED) is 0.308. The van der Waals surface area contributed by atoms with Crippen molar-refractivity contribution >= 4 is 34.7 Å². The maximum Gasteiger partial charge on any atom is 0.300 e. The van der Waals surface area contributed by atoms with E-state index in [4.69, 9.17) is 16.3 Å². The van der Waals surface area contributed by atoms with Crippen LogP contribution >= 0.6 is 11.6 Å². The number of carbonyl (C=O) groups is 2. The summed E-state index contributed by atoms with van der Waals surface area (Å²) in [7, 11) is 1.45. The van der Waals surface area contributed by atoms with E-state index in [0.717, 1.165) is 5.56 Å². The van der Waals surface area contributed by atoms with E-state index in [-0.39, 0.29) is 16.9 Å². The minimum Gasteiger partial charge on any atom is -0.507 e. The van der Waals surface area contributed by atoms with Gasteiger partial charge in [0.25, 0.3) is 11.7 Å². The number of benzene rings is 2. The Hall–Kier alpha value is -3.64. The largest absolute Gasteiger partial charge is 0.507 e. The van der Waals surface area contributed by atoms with Crippen molar-refractivity contribution in [1.82, 2.24) is 4.98 Å². The SMILES string of the molecule is COc1ccc(Cl)cc1/C(O)=C1\C(=O)C(=O)N(c2ccc(C(C)C)cc2)C1c1ccccn1. The van der Waals surface area contributed by atoms with Crippen molar-refractivity contribution in [2.24, 2.45) is 0 Å². The molecule has 1 aliphatic rings. The topological polar surface area (TPSA) is 79.7 Å². The van der Waals surface area contributed by atoms with Gasteiger partial charge in [-0.2, -0.15) is 0 Å². The molecule has 0 radical (unpaired) electrons. The zero-order chi connectivity index (χ0) is 23.7. The van der Waals surface area contributed by atoms with Gasteiger partial charge in [0.15, 0.2) is 0 Å². The maximum absolute atomic E-state index is 13.2. The number of methoxy groups -OCH3 is 1. The van der Waals surface area contributed by atoms with E-state index in [0.29, 0.717) is 28.1 Å². The zero-order valence-electron chi connectivity index (χ0n) is 18.4. The number of hydrogen-bond donors (Lipinski definition) is 1. The Morgan fingerprint density at radius 2 is 1.82 bits per heavy atom. The summed E-state index contributed by atoms with van der Waals surface area (Å²) in [6.45, 7) is 4.15. The fourth-order valence-corrected chi connectivity index (χ4v) is 4.12. The van der Waals surface area contributed by atoms with Crippen LogP contribution in [0.25, 0.3) is 5.76 Å². The van der Waals surface area contributed by atoms with Crippen LogP contribution in [0.1, 0.15) is 42.6 Å². The van der Waals surface area contributed by atoms with Crippen LogP contribution < -0.4 is 9.64 Å². The number of ketones is 1. The Morgan fingerprint density at radius 1 is 1.09 bits per heavy atom. The molecule has 1 saturated heterocycles. The Bertz CT molecular complexity index is 1240. The summed E-state index contributed by atoms with van der Waals surface area (Å²) in [5.74, 6) is -1.28. The molecule has 1 aliphatic heterocycles. The number of aromatic nitrogens is 1. The maximum atomic E-state index is 13.2. The second-order valence-electron chi connectivity index (χ2n) is 8.01. The third-order valence-electron chi connectivity index (χ3n) is 5.67. The molecule has 3 aromatic rings. The first-order chi connectivity index (χ1) is 15.8. The zero-order valence-corrected chi connectivity index (χ0v) is 19.2. The van der Waals surface area contributed by atoms with Crippen molar-refractivity contribution in [2.75, 3.05) is 12.0 Å². The van der Waals surface area contributed by atoms with E-state index in [2.05, 4.69) is 18.8 Å². The minimum atomic E-state index is -0.917. The van der Waals surface area contributed by atoms with Gasteiger partial charge in [0.05, 0.1) is 23.9 Å². The summed E-state index contributed by atoms with van der Waals surface area (Å²) >= 11 is 6.14. The predicted molar refractivity (Wildman–Crippen MR) is 128 cm³/mol. The second-order valence-corrected chi connectivity index (χ2v) is 8.45. The molecule has 1 unspecified atom stereocenters. The molecule has 1 atom stereocenters. The van der Waals surface area contributed by atoms with Crippen LogP contribution in [0, 0.1) is 0 Å². The van der Waals surface area contributed by atoms with Crippen molar-refractivity contribution in [3.05, 3.63) is 94.3 Å². The molecule has 0 saturated carbocycles.